The van der Waals surface area contributed by atoms with Crippen LogP contribution in [0.4, 0.5) is 0 Å². The van der Waals surface area contributed by atoms with Crippen molar-refractivity contribution < 1.29 is 14.6 Å². The van der Waals surface area contributed by atoms with Gasteiger partial charge in [-0.25, -0.2) is 4.68 Å². The van der Waals surface area contributed by atoms with Crippen LogP contribution < -0.4 is 4.74 Å². The van der Waals surface area contributed by atoms with E-state index in [-0.39, 0.29) is 6.42 Å². The summed E-state index contributed by atoms with van der Waals surface area (Å²) in [7, 11) is 1.53. The Hall–Kier alpha value is -2.08. The van der Waals surface area contributed by atoms with E-state index in [4.69, 9.17) is 21.4 Å². The number of ether oxygens (including phenoxy) is 1. The van der Waals surface area contributed by atoms with Crippen LogP contribution in [0.15, 0.2) is 24.4 Å². The lowest BCUT2D eigenvalue weighted by molar-refractivity contribution is -0.136. The first-order chi connectivity index (χ1) is 8.61. The van der Waals surface area contributed by atoms with E-state index < -0.39 is 5.97 Å². The number of carbonyl (C=O) groups is 1. The molecular weight excluding hydrogens is 258 g/mol. The molecule has 0 aliphatic carbocycles. The number of benzene rings is 1. The van der Waals surface area contributed by atoms with Crippen LogP contribution >= 0.6 is 11.6 Å². The van der Waals surface area contributed by atoms with Crippen molar-refractivity contribution in [3.05, 3.63) is 35.1 Å². The highest BCUT2D eigenvalue weighted by Crippen LogP contribution is 2.25. The fourth-order valence-corrected chi connectivity index (χ4v) is 1.71. The molecule has 0 fully saturated rings. The molecule has 0 saturated heterocycles. The first-order valence-electron chi connectivity index (χ1n) is 5.07. The van der Waals surface area contributed by atoms with Crippen LogP contribution in [0.3, 0.4) is 0 Å². The molecule has 0 saturated carbocycles. The van der Waals surface area contributed by atoms with Crippen LogP contribution in [0.25, 0.3) is 5.69 Å². The molecule has 7 heteroatoms. The Bertz CT molecular complexity index is 583. The molecule has 0 atom stereocenters. The number of aromatic nitrogens is 3. The minimum Gasteiger partial charge on any atom is -0.497 e. The maximum atomic E-state index is 10.7. The summed E-state index contributed by atoms with van der Waals surface area (Å²) in [5.74, 6) is -0.358. The minimum absolute atomic E-state index is 0.180. The predicted octanol–water partition coefficient (Wildman–Crippen LogP) is 1.56. The highest BCUT2D eigenvalue weighted by molar-refractivity contribution is 6.32. The Balaban J connectivity index is 2.48. The van der Waals surface area contributed by atoms with Gasteiger partial charge in [0.15, 0.2) is 0 Å². The summed E-state index contributed by atoms with van der Waals surface area (Å²) in [5, 5.41) is 16.8. The summed E-state index contributed by atoms with van der Waals surface area (Å²) in [6, 6.07) is 5.03. The Morgan fingerprint density at radius 3 is 3.00 bits per heavy atom. The Morgan fingerprint density at radius 1 is 1.56 bits per heavy atom. The SMILES string of the molecule is COc1ccc(Cl)c(-n2nncc2CC(=O)O)c1. The smallest absolute Gasteiger partial charge is 0.309 e. The average Bonchev–Trinajstić information content (AvgIpc) is 2.77. The second kappa shape index (κ2) is 5.05. The van der Waals surface area contributed by atoms with Crippen molar-refractivity contribution in [2.24, 2.45) is 0 Å². The lowest BCUT2D eigenvalue weighted by atomic mass is 10.2. The summed E-state index contributed by atoms with van der Waals surface area (Å²) in [6.45, 7) is 0. The average molecular weight is 268 g/mol. The second-order valence-corrected chi connectivity index (χ2v) is 3.93. The lowest BCUT2D eigenvalue weighted by Crippen LogP contribution is -2.08. The van der Waals surface area contributed by atoms with Crippen LogP contribution in [-0.2, 0) is 11.2 Å². The van der Waals surface area contributed by atoms with Crippen LogP contribution in [0.5, 0.6) is 5.75 Å². The van der Waals surface area contributed by atoms with E-state index in [0.29, 0.717) is 22.2 Å². The summed E-state index contributed by atoms with van der Waals surface area (Å²) in [5.41, 5.74) is 0.974. The van der Waals surface area contributed by atoms with E-state index in [1.807, 2.05) is 0 Å². The molecule has 0 radical (unpaired) electrons. The molecule has 1 heterocycles. The van der Waals surface area contributed by atoms with Crippen LogP contribution in [0.1, 0.15) is 5.69 Å². The lowest BCUT2D eigenvalue weighted by Gasteiger charge is -2.08. The first kappa shape index (κ1) is 12.4. The number of carboxylic acid groups (broad SMARTS) is 1. The first-order valence-corrected chi connectivity index (χ1v) is 5.45. The van der Waals surface area contributed by atoms with E-state index in [9.17, 15) is 4.79 Å². The van der Waals surface area contributed by atoms with Gasteiger partial charge in [0, 0.05) is 6.07 Å². The van der Waals surface area contributed by atoms with E-state index in [1.54, 1.807) is 18.2 Å². The number of aliphatic carboxylic acids is 1. The molecule has 0 aliphatic rings. The van der Waals surface area contributed by atoms with Gasteiger partial charge < -0.3 is 9.84 Å². The van der Waals surface area contributed by atoms with Gasteiger partial charge in [-0.15, -0.1) is 5.10 Å². The second-order valence-electron chi connectivity index (χ2n) is 3.53. The van der Waals surface area contributed by atoms with Gasteiger partial charge in [-0.05, 0) is 12.1 Å². The summed E-state index contributed by atoms with van der Waals surface area (Å²) < 4.78 is 6.48. The molecule has 2 rings (SSSR count). The van der Waals surface area contributed by atoms with Crippen molar-refractivity contribution in [2.45, 2.75) is 6.42 Å². The van der Waals surface area contributed by atoms with E-state index >= 15 is 0 Å². The monoisotopic (exact) mass is 267 g/mol. The third-order valence-electron chi connectivity index (χ3n) is 2.33. The van der Waals surface area contributed by atoms with Crippen molar-refractivity contribution in [3.63, 3.8) is 0 Å². The van der Waals surface area contributed by atoms with Gasteiger partial charge >= 0.3 is 5.97 Å². The van der Waals surface area contributed by atoms with Crippen LogP contribution in [0.2, 0.25) is 5.02 Å². The quantitative estimate of drug-likeness (QED) is 0.909. The van der Waals surface area contributed by atoms with Gasteiger partial charge in [-0.3, -0.25) is 4.79 Å². The molecule has 1 aromatic carbocycles. The van der Waals surface area contributed by atoms with E-state index in [1.165, 1.54) is 18.0 Å². The summed E-state index contributed by atoms with van der Waals surface area (Å²) in [6.07, 6.45) is 1.21. The predicted molar refractivity (Wildman–Crippen MR) is 64.3 cm³/mol. The van der Waals surface area contributed by atoms with Crippen LogP contribution in [0, 0.1) is 0 Å². The zero-order chi connectivity index (χ0) is 13.1. The van der Waals surface area contributed by atoms with Crippen LogP contribution in [-0.4, -0.2) is 33.2 Å². The van der Waals surface area contributed by atoms with Crippen molar-refractivity contribution in [1.82, 2.24) is 15.0 Å². The van der Waals surface area contributed by atoms with E-state index in [0.717, 1.165) is 0 Å². The summed E-state index contributed by atoms with van der Waals surface area (Å²) >= 11 is 6.06. The van der Waals surface area contributed by atoms with Gasteiger partial charge in [0.05, 0.1) is 36.1 Å². The molecule has 1 aromatic heterocycles. The molecule has 18 heavy (non-hydrogen) atoms. The largest absolute Gasteiger partial charge is 0.497 e. The minimum atomic E-state index is -0.961. The maximum Gasteiger partial charge on any atom is 0.309 e. The number of carboxylic acids is 1. The number of halogens is 1. The van der Waals surface area contributed by atoms with Crippen molar-refractivity contribution in [3.8, 4) is 11.4 Å². The molecular formula is C11H10ClN3O3. The van der Waals surface area contributed by atoms with Crippen molar-refractivity contribution >= 4 is 17.6 Å². The number of nitrogens with zero attached hydrogens (tertiary/aromatic N) is 3. The maximum absolute atomic E-state index is 10.7. The molecule has 0 bridgehead atoms. The van der Waals surface area contributed by atoms with Crippen molar-refractivity contribution in [1.29, 1.82) is 0 Å². The summed E-state index contributed by atoms with van der Waals surface area (Å²) in [4.78, 5) is 10.7. The normalized spacial score (nSPS) is 10.3. The molecule has 0 spiro atoms. The van der Waals surface area contributed by atoms with Crippen molar-refractivity contribution in [2.75, 3.05) is 7.11 Å². The van der Waals surface area contributed by atoms with Gasteiger partial charge in [-0.2, -0.15) is 0 Å². The number of hydrogen-bond donors (Lipinski definition) is 1. The molecule has 94 valence electrons. The topological polar surface area (TPSA) is 77.2 Å². The molecule has 6 nitrogen and oxygen atoms in total. The highest BCUT2D eigenvalue weighted by atomic mass is 35.5. The molecule has 1 N–H and O–H groups in total. The zero-order valence-corrected chi connectivity index (χ0v) is 10.3. The molecule has 0 amide bonds. The Labute approximate surface area is 108 Å². The van der Waals surface area contributed by atoms with Gasteiger partial charge in [0.1, 0.15) is 5.75 Å². The third kappa shape index (κ3) is 2.43. The Morgan fingerprint density at radius 2 is 2.33 bits per heavy atom. The number of rotatable bonds is 4. The van der Waals surface area contributed by atoms with E-state index in [2.05, 4.69) is 10.3 Å². The van der Waals surface area contributed by atoms with Gasteiger partial charge in [0.2, 0.25) is 0 Å². The molecule has 0 aliphatic heterocycles. The number of methoxy groups -OCH3 is 1. The third-order valence-corrected chi connectivity index (χ3v) is 2.65. The van der Waals surface area contributed by atoms with Gasteiger partial charge in [0.25, 0.3) is 0 Å². The number of hydrogen-bond acceptors (Lipinski definition) is 4. The Kier molecular flexibility index (Phi) is 3.47. The fourth-order valence-electron chi connectivity index (χ4n) is 1.52. The molecule has 0 unspecified atom stereocenters. The zero-order valence-electron chi connectivity index (χ0n) is 9.50. The highest BCUT2D eigenvalue weighted by Gasteiger charge is 2.13. The fraction of sp³-hybridized carbons (Fsp3) is 0.182. The molecule has 2 aromatic rings. The van der Waals surface area contributed by atoms with Gasteiger partial charge in [-0.1, -0.05) is 16.8 Å². The standard InChI is InChI=1S/C11H10ClN3O3/c1-18-8-2-3-9(12)10(5-8)15-7(4-11(16)17)6-13-14-15/h2-3,5-6H,4H2,1H3,(H,16,17).